The van der Waals surface area contributed by atoms with Gasteiger partial charge in [-0.15, -0.1) is 11.8 Å². The van der Waals surface area contributed by atoms with Crippen LogP contribution in [0.4, 0.5) is 0 Å². The van der Waals surface area contributed by atoms with Crippen molar-refractivity contribution >= 4 is 23.4 Å². The van der Waals surface area contributed by atoms with E-state index in [1.54, 1.807) is 11.8 Å². The number of hydrogen-bond acceptors (Lipinski definition) is 3. The molecule has 0 bridgehead atoms. The zero-order valence-electron chi connectivity index (χ0n) is 10.4. The van der Waals surface area contributed by atoms with Gasteiger partial charge in [0.15, 0.2) is 0 Å². The van der Waals surface area contributed by atoms with Gasteiger partial charge in [-0.2, -0.15) is 5.10 Å². The van der Waals surface area contributed by atoms with Crippen LogP contribution in [-0.4, -0.2) is 22.6 Å². The van der Waals surface area contributed by atoms with Crippen molar-refractivity contribution in [3.05, 3.63) is 47.2 Å². The van der Waals surface area contributed by atoms with Gasteiger partial charge in [-0.25, -0.2) is 0 Å². The maximum atomic E-state index is 5.87. The number of rotatable bonds is 5. The van der Waals surface area contributed by atoms with Crippen LogP contribution in [-0.2, 0) is 7.05 Å². The SMILES string of the molecule is CNC(CSc1ccc(Cl)cc1)c1ccn(C)n1. The fourth-order valence-electron chi connectivity index (χ4n) is 1.65. The molecule has 0 saturated carbocycles. The highest BCUT2D eigenvalue weighted by Gasteiger charge is 2.12. The van der Waals surface area contributed by atoms with E-state index in [1.165, 1.54) is 4.90 Å². The van der Waals surface area contributed by atoms with Crippen LogP contribution in [0.3, 0.4) is 0 Å². The lowest BCUT2D eigenvalue weighted by Crippen LogP contribution is -2.19. The summed E-state index contributed by atoms with van der Waals surface area (Å²) >= 11 is 7.66. The number of benzene rings is 1. The number of aromatic nitrogens is 2. The van der Waals surface area contributed by atoms with Gasteiger partial charge in [-0.3, -0.25) is 4.68 Å². The first-order valence-electron chi connectivity index (χ1n) is 5.74. The molecule has 2 rings (SSSR count). The maximum Gasteiger partial charge on any atom is 0.0802 e. The molecule has 5 heteroatoms. The van der Waals surface area contributed by atoms with E-state index in [1.807, 2.05) is 55.3 Å². The molecule has 1 N–H and O–H groups in total. The van der Waals surface area contributed by atoms with Crippen LogP contribution in [0.2, 0.25) is 5.02 Å². The molecule has 0 amide bonds. The van der Waals surface area contributed by atoms with E-state index in [9.17, 15) is 0 Å². The van der Waals surface area contributed by atoms with Crippen LogP contribution in [0.15, 0.2) is 41.4 Å². The third-order valence-corrected chi connectivity index (χ3v) is 4.03. The summed E-state index contributed by atoms with van der Waals surface area (Å²) in [5, 5.41) is 8.49. The molecular weight excluding hydrogens is 266 g/mol. The lowest BCUT2D eigenvalue weighted by molar-refractivity contribution is 0.619. The van der Waals surface area contributed by atoms with Crippen molar-refractivity contribution in [3.8, 4) is 0 Å². The zero-order chi connectivity index (χ0) is 13.0. The Bertz CT molecular complexity index is 495. The Hall–Kier alpha value is -0.970. The molecule has 1 unspecified atom stereocenters. The number of thioether (sulfide) groups is 1. The third-order valence-electron chi connectivity index (χ3n) is 2.67. The number of halogens is 1. The van der Waals surface area contributed by atoms with Gasteiger partial charge in [0.05, 0.1) is 11.7 Å². The number of aryl methyl sites for hydroxylation is 1. The average Bonchev–Trinajstić information content (AvgIpc) is 2.79. The van der Waals surface area contributed by atoms with E-state index in [4.69, 9.17) is 11.6 Å². The van der Waals surface area contributed by atoms with Crippen molar-refractivity contribution < 1.29 is 0 Å². The van der Waals surface area contributed by atoms with E-state index in [0.29, 0.717) is 0 Å². The summed E-state index contributed by atoms with van der Waals surface area (Å²) < 4.78 is 1.83. The van der Waals surface area contributed by atoms with E-state index < -0.39 is 0 Å². The molecule has 1 heterocycles. The molecule has 3 nitrogen and oxygen atoms in total. The molecule has 0 saturated heterocycles. The van der Waals surface area contributed by atoms with Crippen LogP contribution >= 0.6 is 23.4 Å². The minimum absolute atomic E-state index is 0.256. The summed E-state index contributed by atoms with van der Waals surface area (Å²) in [6.45, 7) is 0. The molecular formula is C13H16ClN3S. The summed E-state index contributed by atoms with van der Waals surface area (Å²) in [7, 11) is 3.89. The number of nitrogens with one attached hydrogen (secondary N) is 1. The smallest absolute Gasteiger partial charge is 0.0802 e. The largest absolute Gasteiger partial charge is 0.311 e. The normalized spacial score (nSPS) is 12.6. The molecule has 96 valence electrons. The van der Waals surface area contributed by atoms with Crippen LogP contribution in [0.1, 0.15) is 11.7 Å². The third kappa shape index (κ3) is 3.51. The van der Waals surface area contributed by atoms with Gasteiger partial charge in [-0.1, -0.05) is 11.6 Å². The van der Waals surface area contributed by atoms with Gasteiger partial charge in [0.1, 0.15) is 0 Å². The van der Waals surface area contributed by atoms with Gasteiger partial charge in [0, 0.05) is 28.9 Å². The summed E-state index contributed by atoms with van der Waals surface area (Å²) in [5.41, 5.74) is 1.07. The highest BCUT2D eigenvalue weighted by molar-refractivity contribution is 7.99. The molecule has 1 aromatic heterocycles. The molecule has 0 aliphatic heterocycles. The van der Waals surface area contributed by atoms with Crippen molar-refractivity contribution in [2.24, 2.45) is 7.05 Å². The molecule has 0 radical (unpaired) electrons. The van der Waals surface area contributed by atoms with Crippen molar-refractivity contribution in [3.63, 3.8) is 0 Å². The fourth-order valence-corrected chi connectivity index (χ4v) is 2.80. The highest BCUT2D eigenvalue weighted by atomic mass is 35.5. The molecule has 0 fully saturated rings. The minimum Gasteiger partial charge on any atom is -0.311 e. The average molecular weight is 282 g/mol. The minimum atomic E-state index is 0.256. The standard InChI is InChI=1S/C13H16ClN3S/c1-15-13(12-7-8-17(2)16-12)9-18-11-5-3-10(14)4-6-11/h3-8,13,15H,9H2,1-2H3. The number of nitrogens with zero attached hydrogens (tertiary/aromatic N) is 2. The Morgan fingerprint density at radius 3 is 2.61 bits per heavy atom. The second-order valence-corrected chi connectivity index (χ2v) is 5.55. The van der Waals surface area contributed by atoms with Gasteiger partial charge >= 0.3 is 0 Å². The van der Waals surface area contributed by atoms with Crippen molar-refractivity contribution in [1.82, 2.24) is 15.1 Å². The van der Waals surface area contributed by atoms with Crippen LogP contribution in [0, 0.1) is 0 Å². The van der Waals surface area contributed by atoms with E-state index >= 15 is 0 Å². The first kappa shape index (κ1) is 13.5. The predicted octanol–water partition coefficient (Wildman–Crippen LogP) is 3.13. The van der Waals surface area contributed by atoms with Gasteiger partial charge in [-0.05, 0) is 37.4 Å². The zero-order valence-corrected chi connectivity index (χ0v) is 12.0. The molecule has 2 aromatic rings. The monoisotopic (exact) mass is 281 g/mol. The Kier molecular flexibility index (Phi) is 4.69. The Labute approximate surface area is 117 Å². The molecule has 0 aliphatic rings. The van der Waals surface area contributed by atoms with Gasteiger partial charge in [0.2, 0.25) is 0 Å². The quantitative estimate of drug-likeness (QED) is 0.854. The van der Waals surface area contributed by atoms with Crippen molar-refractivity contribution in [2.75, 3.05) is 12.8 Å². The van der Waals surface area contributed by atoms with E-state index in [0.717, 1.165) is 16.5 Å². The molecule has 0 aliphatic carbocycles. The van der Waals surface area contributed by atoms with Crippen molar-refractivity contribution in [1.29, 1.82) is 0 Å². The van der Waals surface area contributed by atoms with Crippen LogP contribution < -0.4 is 5.32 Å². The Morgan fingerprint density at radius 1 is 1.33 bits per heavy atom. The highest BCUT2D eigenvalue weighted by Crippen LogP contribution is 2.25. The first-order valence-corrected chi connectivity index (χ1v) is 7.10. The molecule has 1 aromatic carbocycles. The molecule has 18 heavy (non-hydrogen) atoms. The second kappa shape index (κ2) is 6.27. The summed E-state index contributed by atoms with van der Waals surface area (Å²) in [6.07, 6.45) is 1.96. The lowest BCUT2D eigenvalue weighted by atomic mass is 10.2. The van der Waals surface area contributed by atoms with Crippen LogP contribution in [0.5, 0.6) is 0 Å². The second-order valence-electron chi connectivity index (χ2n) is 4.02. The number of hydrogen-bond donors (Lipinski definition) is 1. The predicted molar refractivity (Wildman–Crippen MR) is 77.2 cm³/mol. The van der Waals surface area contributed by atoms with Crippen LogP contribution in [0.25, 0.3) is 0 Å². The molecule has 1 atom stereocenters. The summed E-state index contributed by atoms with van der Waals surface area (Å²) in [6, 6.07) is 10.2. The maximum absolute atomic E-state index is 5.87. The Balaban J connectivity index is 1.97. The summed E-state index contributed by atoms with van der Waals surface area (Å²) in [5.74, 6) is 0.940. The molecule has 0 spiro atoms. The fraction of sp³-hybridized carbons (Fsp3) is 0.308. The lowest BCUT2D eigenvalue weighted by Gasteiger charge is -2.13. The Morgan fingerprint density at radius 2 is 2.06 bits per heavy atom. The topological polar surface area (TPSA) is 29.9 Å². The first-order chi connectivity index (χ1) is 8.69. The van der Waals surface area contributed by atoms with Gasteiger partial charge in [0.25, 0.3) is 0 Å². The summed E-state index contributed by atoms with van der Waals surface area (Å²) in [4.78, 5) is 1.22. The van der Waals surface area contributed by atoms with Gasteiger partial charge < -0.3 is 5.32 Å². The van der Waals surface area contributed by atoms with E-state index in [2.05, 4.69) is 10.4 Å². The van der Waals surface area contributed by atoms with Crippen molar-refractivity contribution in [2.45, 2.75) is 10.9 Å². The van der Waals surface area contributed by atoms with E-state index in [-0.39, 0.29) is 6.04 Å².